The van der Waals surface area contributed by atoms with Crippen LogP contribution in [0.2, 0.25) is 0 Å². The maximum atomic E-state index is 10.6. The Labute approximate surface area is 112 Å². The van der Waals surface area contributed by atoms with Gasteiger partial charge in [0.25, 0.3) is 0 Å². The normalized spacial score (nSPS) is 10.6. The Balaban J connectivity index is 2.09. The van der Waals surface area contributed by atoms with E-state index in [9.17, 15) is 4.79 Å². The van der Waals surface area contributed by atoms with Crippen LogP contribution in [-0.2, 0) is 17.6 Å². The Morgan fingerprint density at radius 1 is 1.32 bits per heavy atom. The zero-order valence-corrected chi connectivity index (χ0v) is 11.0. The van der Waals surface area contributed by atoms with Crippen LogP contribution < -0.4 is 0 Å². The van der Waals surface area contributed by atoms with Gasteiger partial charge in [-0.15, -0.1) is 0 Å². The van der Waals surface area contributed by atoms with Crippen LogP contribution in [0.4, 0.5) is 0 Å². The Bertz CT molecular complexity index is 544. The van der Waals surface area contributed by atoms with Gasteiger partial charge < -0.3 is 5.11 Å². The fourth-order valence-corrected chi connectivity index (χ4v) is 1.99. The van der Waals surface area contributed by atoms with Gasteiger partial charge in [-0.05, 0) is 24.5 Å². The number of aromatic nitrogens is 2. The molecule has 0 amide bonds. The molecule has 1 heterocycles. The SMILES string of the molecule is CCCCc1ccc(-c2cc(CC(=O)O)[nH]n2)cc1. The number of benzene rings is 1. The summed E-state index contributed by atoms with van der Waals surface area (Å²) in [6.07, 6.45) is 3.47. The molecule has 19 heavy (non-hydrogen) atoms. The van der Waals surface area contributed by atoms with Crippen LogP contribution >= 0.6 is 0 Å². The van der Waals surface area contributed by atoms with Gasteiger partial charge >= 0.3 is 5.97 Å². The van der Waals surface area contributed by atoms with Gasteiger partial charge in [-0.2, -0.15) is 5.10 Å². The maximum absolute atomic E-state index is 10.6. The number of carbonyl (C=O) groups is 1. The number of nitrogens with one attached hydrogen (secondary N) is 1. The molecule has 1 aromatic heterocycles. The largest absolute Gasteiger partial charge is 0.481 e. The van der Waals surface area contributed by atoms with Crippen molar-refractivity contribution in [2.45, 2.75) is 32.6 Å². The van der Waals surface area contributed by atoms with Crippen molar-refractivity contribution in [2.75, 3.05) is 0 Å². The first kappa shape index (κ1) is 13.3. The number of rotatable bonds is 6. The molecule has 4 heteroatoms. The summed E-state index contributed by atoms with van der Waals surface area (Å²) < 4.78 is 0. The molecule has 1 aromatic carbocycles. The molecule has 0 aliphatic rings. The molecular formula is C15H18N2O2. The van der Waals surface area contributed by atoms with Gasteiger partial charge in [-0.1, -0.05) is 37.6 Å². The van der Waals surface area contributed by atoms with E-state index in [1.807, 2.05) is 12.1 Å². The van der Waals surface area contributed by atoms with Crippen LogP contribution in [0.3, 0.4) is 0 Å². The first-order chi connectivity index (χ1) is 9.19. The number of hydrogen-bond acceptors (Lipinski definition) is 2. The van der Waals surface area contributed by atoms with E-state index in [0.717, 1.165) is 17.7 Å². The highest BCUT2D eigenvalue weighted by molar-refractivity contribution is 5.70. The number of aromatic amines is 1. The van der Waals surface area contributed by atoms with Crippen molar-refractivity contribution < 1.29 is 9.90 Å². The van der Waals surface area contributed by atoms with Crippen LogP contribution in [0.15, 0.2) is 30.3 Å². The lowest BCUT2D eigenvalue weighted by atomic mass is 10.0. The van der Waals surface area contributed by atoms with Crippen LogP contribution in [-0.4, -0.2) is 21.3 Å². The topological polar surface area (TPSA) is 66.0 Å². The van der Waals surface area contributed by atoms with Gasteiger partial charge in [0.2, 0.25) is 0 Å². The Hall–Kier alpha value is -2.10. The summed E-state index contributed by atoms with van der Waals surface area (Å²) in [5.74, 6) is -0.856. The van der Waals surface area contributed by atoms with Gasteiger partial charge in [0, 0.05) is 11.3 Å². The average Bonchev–Trinajstić information content (AvgIpc) is 2.84. The second-order valence-electron chi connectivity index (χ2n) is 4.65. The molecule has 0 radical (unpaired) electrons. The van der Waals surface area contributed by atoms with E-state index in [0.29, 0.717) is 5.69 Å². The van der Waals surface area contributed by atoms with Crippen molar-refractivity contribution in [3.63, 3.8) is 0 Å². The summed E-state index contributed by atoms with van der Waals surface area (Å²) in [6, 6.07) is 10.1. The molecule has 0 aliphatic carbocycles. The number of carboxylic acids is 1. The minimum absolute atomic E-state index is 0.0262. The van der Waals surface area contributed by atoms with Gasteiger partial charge in [0.1, 0.15) is 0 Å². The zero-order valence-electron chi connectivity index (χ0n) is 11.0. The third-order valence-corrected chi connectivity index (χ3v) is 3.04. The molecule has 2 rings (SSSR count). The molecule has 0 aliphatic heterocycles. The number of unbranched alkanes of at least 4 members (excludes halogenated alkanes) is 1. The second-order valence-corrected chi connectivity index (χ2v) is 4.65. The van der Waals surface area contributed by atoms with E-state index >= 15 is 0 Å². The Morgan fingerprint density at radius 2 is 2.05 bits per heavy atom. The molecule has 2 N–H and O–H groups in total. The lowest BCUT2D eigenvalue weighted by molar-refractivity contribution is -0.136. The first-order valence-corrected chi connectivity index (χ1v) is 6.54. The van der Waals surface area contributed by atoms with Crippen molar-refractivity contribution in [3.05, 3.63) is 41.6 Å². The predicted octanol–water partition coefficient (Wildman–Crippen LogP) is 3.05. The smallest absolute Gasteiger partial charge is 0.309 e. The third kappa shape index (κ3) is 3.68. The van der Waals surface area contributed by atoms with E-state index in [1.165, 1.54) is 18.4 Å². The van der Waals surface area contributed by atoms with Crippen molar-refractivity contribution in [3.8, 4) is 11.3 Å². The Morgan fingerprint density at radius 3 is 2.68 bits per heavy atom. The van der Waals surface area contributed by atoms with E-state index in [4.69, 9.17) is 5.11 Å². The number of hydrogen-bond donors (Lipinski definition) is 2. The monoisotopic (exact) mass is 258 g/mol. The molecule has 2 aromatic rings. The maximum Gasteiger partial charge on any atom is 0.309 e. The summed E-state index contributed by atoms with van der Waals surface area (Å²) in [5.41, 5.74) is 3.75. The van der Waals surface area contributed by atoms with Crippen LogP contribution in [0.1, 0.15) is 31.0 Å². The molecule has 0 saturated carbocycles. The van der Waals surface area contributed by atoms with Crippen molar-refractivity contribution in [1.82, 2.24) is 10.2 Å². The van der Waals surface area contributed by atoms with Gasteiger partial charge in [-0.3, -0.25) is 9.89 Å². The average molecular weight is 258 g/mol. The predicted molar refractivity (Wildman–Crippen MR) is 74.0 cm³/mol. The van der Waals surface area contributed by atoms with Crippen molar-refractivity contribution in [2.24, 2.45) is 0 Å². The van der Waals surface area contributed by atoms with E-state index < -0.39 is 5.97 Å². The van der Waals surface area contributed by atoms with Crippen LogP contribution in [0.5, 0.6) is 0 Å². The highest BCUT2D eigenvalue weighted by Crippen LogP contribution is 2.19. The minimum atomic E-state index is -0.856. The lowest BCUT2D eigenvalue weighted by Crippen LogP contribution is -1.99. The number of carboxylic acid groups (broad SMARTS) is 1. The number of aliphatic carboxylic acids is 1. The molecule has 0 bridgehead atoms. The van der Waals surface area contributed by atoms with E-state index in [2.05, 4.69) is 29.3 Å². The van der Waals surface area contributed by atoms with Crippen LogP contribution in [0.25, 0.3) is 11.3 Å². The second kappa shape index (κ2) is 6.18. The molecule has 4 nitrogen and oxygen atoms in total. The number of H-pyrrole nitrogens is 1. The van der Waals surface area contributed by atoms with Gasteiger partial charge in [0.05, 0.1) is 12.1 Å². The minimum Gasteiger partial charge on any atom is -0.481 e. The molecule has 0 spiro atoms. The summed E-state index contributed by atoms with van der Waals surface area (Å²) in [5, 5.41) is 15.6. The van der Waals surface area contributed by atoms with E-state index in [-0.39, 0.29) is 6.42 Å². The van der Waals surface area contributed by atoms with Crippen LogP contribution in [0, 0.1) is 0 Å². The van der Waals surface area contributed by atoms with Gasteiger partial charge in [-0.25, -0.2) is 0 Å². The summed E-state index contributed by atoms with van der Waals surface area (Å²) >= 11 is 0. The number of aryl methyl sites for hydroxylation is 1. The third-order valence-electron chi connectivity index (χ3n) is 3.04. The molecule has 0 fully saturated rings. The summed E-state index contributed by atoms with van der Waals surface area (Å²) in [6.45, 7) is 2.18. The van der Waals surface area contributed by atoms with Crippen molar-refractivity contribution in [1.29, 1.82) is 0 Å². The standard InChI is InChI=1S/C15H18N2O2/c1-2-3-4-11-5-7-12(8-6-11)14-9-13(16-17-14)10-15(18)19/h5-9H,2-4,10H2,1H3,(H,16,17)(H,18,19). The molecule has 0 unspecified atom stereocenters. The summed E-state index contributed by atoms with van der Waals surface area (Å²) in [4.78, 5) is 10.6. The Kier molecular flexibility index (Phi) is 4.34. The zero-order chi connectivity index (χ0) is 13.7. The fourth-order valence-electron chi connectivity index (χ4n) is 1.99. The first-order valence-electron chi connectivity index (χ1n) is 6.54. The molecule has 0 atom stereocenters. The highest BCUT2D eigenvalue weighted by Gasteiger charge is 2.07. The lowest BCUT2D eigenvalue weighted by Gasteiger charge is -2.01. The fraction of sp³-hybridized carbons (Fsp3) is 0.333. The molecule has 100 valence electrons. The molecular weight excluding hydrogens is 240 g/mol. The highest BCUT2D eigenvalue weighted by atomic mass is 16.4. The quantitative estimate of drug-likeness (QED) is 0.837. The van der Waals surface area contributed by atoms with Gasteiger partial charge in [0.15, 0.2) is 0 Å². The summed E-state index contributed by atoms with van der Waals surface area (Å²) in [7, 11) is 0. The molecule has 0 saturated heterocycles. The van der Waals surface area contributed by atoms with E-state index in [1.54, 1.807) is 6.07 Å². The number of nitrogens with zero attached hydrogens (tertiary/aromatic N) is 1. The van der Waals surface area contributed by atoms with Crippen molar-refractivity contribution >= 4 is 5.97 Å².